The summed E-state index contributed by atoms with van der Waals surface area (Å²) in [5, 5.41) is 10.9. The van der Waals surface area contributed by atoms with Crippen molar-refractivity contribution in [3.05, 3.63) is 29.8 Å². The number of carbonyl (C=O) groups is 2. The second kappa shape index (κ2) is 6.96. The normalized spacial score (nSPS) is 11.0. The molecule has 0 fully saturated rings. The molecule has 0 bridgehead atoms. The Labute approximate surface area is 119 Å². The number of aliphatic carboxylic acids is 1. The molecule has 0 aliphatic rings. The predicted molar refractivity (Wildman–Crippen MR) is 70.1 cm³/mol. The van der Waals surface area contributed by atoms with Crippen molar-refractivity contribution in [1.29, 1.82) is 0 Å². The highest BCUT2D eigenvalue weighted by Crippen LogP contribution is 2.18. The maximum absolute atomic E-state index is 12.4. The van der Waals surface area contributed by atoms with Crippen LogP contribution in [0.25, 0.3) is 0 Å². The molecule has 0 unspecified atom stereocenters. The highest BCUT2D eigenvalue weighted by molar-refractivity contribution is 5.91. The van der Waals surface area contributed by atoms with E-state index in [2.05, 4.69) is 5.32 Å². The summed E-state index contributed by atoms with van der Waals surface area (Å²) in [7, 11) is 0. The van der Waals surface area contributed by atoms with Crippen molar-refractivity contribution in [3.63, 3.8) is 0 Å². The van der Waals surface area contributed by atoms with Gasteiger partial charge >= 0.3 is 18.2 Å². The lowest BCUT2D eigenvalue weighted by Crippen LogP contribution is -2.44. The maximum atomic E-state index is 12.4. The van der Waals surface area contributed by atoms with Crippen LogP contribution in [0.1, 0.15) is 12.5 Å². The number of carboxylic acid groups (broad SMARTS) is 1. The van der Waals surface area contributed by atoms with Crippen molar-refractivity contribution in [2.24, 2.45) is 0 Å². The minimum absolute atomic E-state index is 0.195. The van der Waals surface area contributed by atoms with Gasteiger partial charge in [0.25, 0.3) is 0 Å². The van der Waals surface area contributed by atoms with Crippen LogP contribution in [-0.4, -0.2) is 41.3 Å². The minimum Gasteiger partial charge on any atom is -0.480 e. The third-order valence-electron chi connectivity index (χ3n) is 2.57. The van der Waals surface area contributed by atoms with Gasteiger partial charge in [0.05, 0.1) is 0 Å². The van der Waals surface area contributed by atoms with E-state index >= 15 is 0 Å². The van der Waals surface area contributed by atoms with Crippen LogP contribution in [0.4, 0.5) is 23.7 Å². The van der Waals surface area contributed by atoms with Crippen LogP contribution in [0.15, 0.2) is 24.3 Å². The summed E-state index contributed by atoms with van der Waals surface area (Å²) < 4.78 is 37.1. The Morgan fingerprint density at radius 3 is 2.52 bits per heavy atom. The van der Waals surface area contributed by atoms with Crippen LogP contribution in [-0.2, 0) is 11.2 Å². The van der Waals surface area contributed by atoms with E-state index in [0.717, 1.165) is 5.56 Å². The molecule has 0 aliphatic carbocycles. The topological polar surface area (TPSA) is 69.6 Å². The minimum atomic E-state index is -4.67. The lowest BCUT2D eigenvalue weighted by Gasteiger charge is -2.22. The molecule has 2 N–H and O–H groups in total. The standard InChI is InChI=1S/C13H15F3N2O3/c1-2-9-4-3-5-10(6-9)17-12(21)18(7-11(19)20)8-13(14,15)16/h3-6H,2,7-8H2,1H3,(H,17,21)(H,19,20). The number of halogens is 3. The predicted octanol–water partition coefficient (Wildman–Crippen LogP) is 2.73. The Bertz CT molecular complexity index is 518. The summed E-state index contributed by atoms with van der Waals surface area (Å²) >= 11 is 0. The molecule has 8 heteroatoms. The molecule has 0 spiro atoms. The van der Waals surface area contributed by atoms with Gasteiger partial charge in [-0.2, -0.15) is 13.2 Å². The van der Waals surface area contributed by atoms with Crippen LogP contribution in [0.3, 0.4) is 0 Å². The molecule has 1 aromatic rings. The number of nitrogens with zero attached hydrogens (tertiary/aromatic N) is 1. The van der Waals surface area contributed by atoms with Gasteiger partial charge < -0.3 is 15.3 Å². The number of alkyl halides is 3. The van der Waals surface area contributed by atoms with Crippen molar-refractivity contribution in [2.45, 2.75) is 19.5 Å². The average molecular weight is 304 g/mol. The lowest BCUT2D eigenvalue weighted by molar-refractivity contribution is -0.148. The summed E-state index contributed by atoms with van der Waals surface area (Å²) in [5.74, 6) is -1.52. The third-order valence-corrected chi connectivity index (χ3v) is 2.57. The van der Waals surface area contributed by atoms with Crippen LogP contribution in [0.5, 0.6) is 0 Å². The first-order valence-corrected chi connectivity index (χ1v) is 6.14. The number of nitrogens with one attached hydrogen (secondary N) is 1. The fourth-order valence-electron chi connectivity index (χ4n) is 1.65. The summed E-state index contributed by atoms with van der Waals surface area (Å²) in [6.45, 7) is -0.765. The van der Waals surface area contributed by atoms with E-state index < -0.39 is 31.3 Å². The van der Waals surface area contributed by atoms with Gasteiger partial charge in [-0.3, -0.25) is 4.79 Å². The molecule has 21 heavy (non-hydrogen) atoms. The molecular formula is C13H15F3N2O3. The van der Waals surface area contributed by atoms with E-state index in [1.807, 2.05) is 6.92 Å². The molecule has 0 atom stereocenters. The quantitative estimate of drug-likeness (QED) is 0.878. The molecule has 5 nitrogen and oxygen atoms in total. The van der Waals surface area contributed by atoms with Crippen molar-refractivity contribution >= 4 is 17.7 Å². The Morgan fingerprint density at radius 1 is 1.33 bits per heavy atom. The SMILES string of the molecule is CCc1cccc(NC(=O)N(CC(=O)O)CC(F)(F)F)c1. The molecular weight excluding hydrogens is 289 g/mol. The van der Waals surface area contributed by atoms with E-state index in [-0.39, 0.29) is 4.90 Å². The summed E-state index contributed by atoms with van der Waals surface area (Å²) in [6, 6.07) is 5.48. The van der Waals surface area contributed by atoms with Gasteiger partial charge in [0, 0.05) is 5.69 Å². The van der Waals surface area contributed by atoms with Gasteiger partial charge in [0.15, 0.2) is 0 Å². The fourth-order valence-corrected chi connectivity index (χ4v) is 1.65. The Morgan fingerprint density at radius 2 is 2.00 bits per heavy atom. The van der Waals surface area contributed by atoms with Crippen molar-refractivity contribution < 1.29 is 27.9 Å². The number of urea groups is 1. The van der Waals surface area contributed by atoms with Gasteiger partial charge in [-0.1, -0.05) is 19.1 Å². The first-order chi connectivity index (χ1) is 9.71. The van der Waals surface area contributed by atoms with Gasteiger partial charge in [-0.25, -0.2) is 4.79 Å². The fraction of sp³-hybridized carbons (Fsp3) is 0.385. The number of amides is 2. The maximum Gasteiger partial charge on any atom is 0.406 e. The monoisotopic (exact) mass is 304 g/mol. The molecule has 0 radical (unpaired) electrons. The molecule has 116 valence electrons. The largest absolute Gasteiger partial charge is 0.480 e. The summed E-state index contributed by atoms with van der Waals surface area (Å²) in [4.78, 5) is 22.5. The number of carboxylic acids is 1. The van der Waals surface area contributed by atoms with Crippen molar-refractivity contribution in [2.75, 3.05) is 18.4 Å². The highest BCUT2D eigenvalue weighted by Gasteiger charge is 2.34. The number of carbonyl (C=O) groups excluding carboxylic acids is 1. The highest BCUT2D eigenvalue weighted by atomic mass is 19.4. The zero-order chi connectivity index (χ0) is 16.0. The third kappa shape index (κ3) is 6.15. The smallest absolute Gasteiger partial charge is 0.406 e. The molecule has 0 saturated heterocycles. The van der Waals surface area contributed by atoms with Gasteiger partial charge in [-0.05, 0) is 24.1 Å². The van der Waals surface area contributed by atoms with E-state index in [4.69, 9.17) is 5.11 Å². The summed E-state index contributed by atoms with van der Waals surface area (Å²) in [6.07, 6.45) is -3.97. The Kier molecular flexibility index (Phi) is 5.57. The first kappa shape index (κ1) is 16.8. The molecule has 2 amide bonds. The molecule has 1 aromatic carbocycles. The van der Waals surface area contributed by atoms with E-state index in [1.54, 1.807) is 18.2 Å². The lowest BCUT2D eigenvalue weighted by atomic mass is 10.1. The Balaban J connectivity index is 2.82. The summed E-state index contributed by atoms with van der Waals surface area (Å²) in [5.41, 5.74) is 1.21. The number of hydrogen-bond donors (Lipinski definition) is 2. The molecule has 0 heterocycles. The molecule has 1 rings (SSSR count). The molecule has 0 aromatic heterocycles. The van der Waals surface area contributed by atoms with Crippen molar-refractivity contribution in [3.8, 4) is 0 Å². The van der Waals surface area contributed by atoms with Crippen LogP contribution in [0, 0.1) is 0 Å². The second-order valence-corrected chi connectivity index (χ2v) is 4.35. The second-order valence-electron chi connectivity index (χ2n) is 4.35. The molecule has 0 aliphatic heterocycles. The van der Waals surface area contributed by atoms with E-state index in [0.29, 0.717) is 12.1 Å². The number of rotatable bonds is 5. The number of aryl methyl sites for hydroxylation is 1. The number of anilines is 1. The van der Waals surface area contributed by atoms with E-state index in [9.17, 15) is 22.8 Å². The Hall–Kier alpha value is -2.25. The number of hydrogen-bond acceptors (Lipinski definition) is 2. The average Bonchev–Trinajstić information content (AvgIpc) is 2.36. The van der Waals surface area contributed by atoms with Crippen LogP contribution in [0.2, 0.25) is 0 Å². The molecule has 0 saturated carbocycles. The van der Waals surface area contributed by atoms with Crippen LogP contribution < -0.4 is 5.32 Å². The van der Waals surface area contributed by atoms with Crippen molar-refractivity contribution in [1.82, 2.24) is 4.90 Å². The van der Waals surface area contributed by atoms with Gasteiger partial charge in [0.2, 0.25) is 0 Å². The van der Waals surface area contributed by atoms with Gasteiger partial charge in [-0.15, -0.1) is 0 Å². The zero-order valence-corrected chi connectivity index (χ0v) is 11.3. The van der Waals surface area contributed by atoms with Gasteiger partial charge in [0.1, 0.15) is 13.1 Å². The first-order valence-electron chi connectivity index (χ1n) is 6.14. The van der Waals surface area contributed by atoms with E-state index in [1.165, 1.54) is 6.07 Å². The van der Waals surface area contributed by atoms with Crippen LogP contribution >= 0.6 is 0 Å². The number of benzene rings is 1. The zero-order valence-electron chi connectivity index (χ0n) is 11.3.